The molecule has 0 radical (unpaired) electrons. The van der Waals surface area contributed by atoms with Gasteiger partial charge in [0.15, 0.2) is 0 Å². The van der Waals surface area contributed by atoms with E-state index in [0.717, 1.165) is 0 Å². The number of carbonyl (C=O) groups is 1. The maximum Gasteiger partial charge on any atom is 0.309 e. The van der Waals surface area contributed by atoms with Gasteiger partial charge >= 0.3 is 5.97 Å². The van der Waals surface area contributed by atoms with E-state index in [4.69, 9.17) is 4.74 Å². The third-order valence-electron chi connectivity index (χ3n) is 2.05. The summed E-state index contributed by atoms with van der Waals surface area (Å²) in [5, 5.41) is 0. The second-order valence-electron chi connectivity index (χ2n) is 4.61. The lowest BCUT2D eigenvalue weighted by molar-refractivity contribution is -0.151. The number of carbonyl (C=O) groups excluding carboxylic acids is 1. The normalized spacial score (nSPS) is 14.6. The first-order chi connectivity index (χ1) is 5.30. The molecule has 0 bridgehead atoms. The van der Waals surface area contributed by atoms with E-state index in [1.807, 2.05) is 13.8 Å². The van der Waals surface area contributed by atoms with Crippen LogP contribution in [-0.2, 0) is 9.53 Å². The zero-order valence-electron chi connectivity index (χ0n) is 8.97. The molecule has 0 rings (SSSR count). The molecule has 0 fully saturated rings. The van der Waals surface area contributed by atoms with Gasteiger partial charge in [-0.1, -0.05) is 34.6 Å². The summed E-state index contributed by atoms with van der Waals surface area (Å²) >= 11 is 0. The molecule has 0 aliphatic carbocycles. The van der Waals surface area contributed by atoms with Crippen molar-refractivity contribution in [1.82, 2.24) is 0 Å². The molecule has 0 aromatic carbocycles. The Morgan fingerprint density at radius 1 is 1.25 bits per heavy atom. The number of esters is 1. The molecule has 0 saturated heterocycles. The minimum absolute atomic E-state index is 0.0116. The van der Waals surface area contributed by atoms with Gasteiger partial charge in [0.05, 0.1) is 13.0 Å². The van der Waals surface area contributed by atoms with Crippen LogP contribution in [0, 0.1) is 17.3 Å². The average molecular weight is 172 g/mol. The second-order valence-corrected chi connectivity index (χ2v) is 4.61. The zero-order chi connectivity index (χ0) is 9.94. The smallest absolute Gasteiger partial charge is 0.309 e. The summed E-state index contributed by atoms with van der Waals surface area (Å²) in [7, 11) is 1.45. The molecule has 0 amide bonds. The van der Waals surface area contributed by atoms with Crippen molar-refractivity contribution in [3.8, 4) is 0 Å². The number of rotatable bonds is 2. The topological polar surface area (TPSA) is 26.3 Å². The highest BCUT2D eigenvalue weighted by Gasteiger charge is 2.34. The Morgan fingerprint density at radius 2 is 1.67 bits per heavy atom. The average Bonchev–Trinajstić information content (AvgIpc) is 1.83. The van der Waals surface area contributed by atoms with E-state index >= 15 is 0 Å². The van der Waals surface area contributed by atoms with E-state index < -0.39 is 0 Å². The molecular weight excluding hydrogens is 152 g/mol. The molecule has 0 aromatic rings. The van der Waals surface area contributed by atoms with Gasteiger partial charge in [-0.25, -0.2) is 0 Å². The molecule has 72 valence electrons. The van der Waals surface area contributed by atoms with Gasteiger partial charge in [-0.2, -0.15) is 0 Å². The number of hydrogen-bond donors (Lipinski definition) is 0. The van der Waals surface area contributed by atoms with Gasteiger partial charge in [0.2, 0.25) is 0 Å². The van der Waals surface area contributed by atoms with Crippen LogP contribution in [0.1, 0.15) is 34.6 Å². The van der Waals surface area contributed by atoms with Crippen LogP contribution >= 0.6 is 0 Å². The summed E-state index contributed by atoms with van der Waals surface area (Å²) in [6.45, 7) is 10.3. The predicted molar refractivity (Wildman–Crippen MR) is 49.8 cm³/mol. The van der Waals surface area contributed by atoms with E-state index in [2.05, 4.69) is 20.8 Å². The SMILES string of the molecule is COC(=O)C(C(C)C)C(C)(C)C. The van der Waals surface area contributed by atoms with Crippen LogP contribution in [0.3, 0.4) is 0 Å². The minimum atomic E-state index is -0.0995. The first-order valence-corrected chi connectivity index (χ1v) is 4.38. The Morgan fingerprint density at radius 3 is 1.75 bits per heavy atom. The lowest BCUT2D eigenvalue weighted by atomic mass is 9.74. The Kier molecular flexibility index (Phi) is 3.75. The van der Waals surface area contributed by atoms with Crippen molar-refractivity contribution in [3.05, 3.63) is 0 Å². The van der Waals surface area contributed by atoms with Gasteiger partial charge in [0.1, 0.15) is 0 Å². The highest BCUT2D eigenvalue weighted by molar-refractivity contribution is 5.73. The molecule has 0 aliphatic heterocycles. The molecule has 2 heteroatoms. The molecule has 0 N–H and O–H groups in total. The van der Waals surface area contributed by atoms with Crippen molar-refractivity contribution < 1.29 is 9.53 Å². The summed E-state index contributed by atoms with van der Waals surface area (Å²) in [5.74, 6) is 0.220. The van der Waals surface area contributed by atoms with Gasteiger partial charge in [0.25, 0.3) is 0 Å². The molecule has 12 heavy (non-hydrogen) atoms. The largest absolute Gasteiger partial charge is 0.469 e. The lowest BCUT2D eigenvalue weighted by Crippen LogP contribution is -2.33. The lowest BCUT2D eigenvalue weighted by Gasteiger charge is -2.31. The molecule has 2 nitrogen and oxygen atoms in total. The van der Waals surface area contributed by atoms with Crippen LogP contribution < -0.4 is 0 Å². The zero-order valence-corrected chi connectivity index (χ0v) is 8.97. The quantitative estimate of drug-likeness (QED) is 0.598. The van der Waals surface area contributed by atoms with Crippen molar-refractivity contribution in [2.24, 2.45) is 17.3 Å². The summed E-state index contributed by atoms with van der Waals surface area (Å²) < 4.78 is 4.76. The maximum absolute atomic E-state index is 11.4. The maximum atomic E-state index is 11.4. The van der Waals surface area contributed by atoms with Crippen molar-refractivity contribution in [2.45, 2.75) is 34.6 Å². The van der Waals surface area contributed by atoms with E-state index in [1.165, 1.54) is 7.11 Å². The fourth-order valence-corrected chi connectivity index (χ4v) is 1.75. The Labute approximate surface area is 75.3 Å². The van der Waals surface area contributed by atoms with Crippen LogP contribution in [0.5, 0.6) is 0 Å². The highest BCUT2D eigenvalue weighted by atomic mass is 16.5. The van der Waals surface area contributed by atoms with Crippen molar-refractivity contribution in [1.29, 1.82) is 0 Å². The number of hydrogen-bond acceptors (Lipinski definition) is 2. The molecule has 0 aromatic heterocycles. The first-order valence-electron chi connectivity index (χ1n) is 4.38. The first kappa shape index (κ1) is 11.5. The van der Waals surface area contributed by atoms with E-state index in [9.17, 15) is 4.79 Å². The molecular formula is C10H20O2. The summed E-state index contributed by atoms with van der Waals surface area (Å²) in [5.41, 5.74) is -0.0126. The Bertz CT molecular complexity index is 154. The van der Waals surface area contributed by atoms with Gasteiger partial charge in [-0.05, 0) is 11.3 Å². The predicted octanol–water partition coefficient (Wildman–Crippen LogP) is 2.48. The molecule has 0 heterocycles. The second kappa shape index (κ2) is 3.92. The van der Waals surface area contributed by atoms with Crippen molar-refractivity contribution >= 4 is 5.97 Å². The fourth-order valence-electron chi connectivity index (χ4n) is 1.75. The number of methoxy groups -OCH3 is 1. The van der Waals surface area contributed by atoms with Gasteiger partial charge in [-0.3, -0.25) is 4.79 Å². The third-order valence-corrected chi connectivity index (χ3v) is 2.05. The Balaban J connectivity index is 4.56. The summed E-state index contributed by atoms with van der Waals surface area (Å²) in [6, 6.07) is 0. The van der Waals surface area contributed by atoms with Crippen LogP contribution in [0.15, 0.2) is 0 Å². The highest BCUT2D eigenvalue weighted by Crippen LogP contribution is 2.32. The molecule has 1 unspecified atom stereocenters. The third kappa shape index (κ3) is 2.84. The fraction of sp³-hybridized carbons (Fsp3) is 0.900. The molecule has 0 saturated carbocycles. The van der Waals surface area contributed by atoms with Gasteiger partial charge < -0.3 is 4.74 Å². The number of ether oxygens (including phenoxy) is 1. The van der Waals surface area contributed by atoms with E-state index in [-0.39, 0.29) is 17.3 Å². The summed E-state index contributed by atoms with van der Waals surface area (Å²) in [4.78, 5) is 11.4. The minimum Gasteiger partial charge on any atom is -0.469 e. The summed E-state index contributed by atoms with van der Waals surface area (Å²) in [6.07, 6.45) is 0. The van der Waals surface area contributed by atoms with Gasteiger partial charge in [-0.15, -0.1) is 0 Å². The van der Waals surface area contributed by atoms with Crippen molar-refractivity contribution in [3.63, 3.8) is 0 Å². The standard InChI is InChI=1S/C10H20O2/c1-7(2)8(9(11)12-6)10(3,4)5/h7-8H,1-6H3. The monoisotopic (exact) mass is 172 g/mol. The molecule has 1 atom stereocenters. The van der Waals surface area contributed by atoms with Crippen LogP contribution in [-0.4, -0.2) is 13.1 Å². The Hall–Kier alpha value is -0.530. The van der Waals surface area contributed by atoms with Gasteiger partial charge in [0, 0.05) is 0 Å². The van der Waals surface area contributed by atoms with Crippen molar-refractivity contribution in [2.75, 3.05) is 7.11 Å². The van der Waals surface area contributed by atoms with E-state index in [0.29, 0.717) is 5.92 Å². The van der Waals surface area contributed by atoms with Crippen LogP contribution in [0.25, 0.3) is 0 Å². The molecule has 0 aliphatic rings. The van der Waals surface area contributed by atoms with E-state index in [1.54, 1.807) is 0 Å². The van der Waals surface area contributed by atoms with Crippen LogP contribution in [0.4, 0.5) is 0 Å². The van der Waals surface area contributed by atoms with Crippen LogP contribution in [0.2, 0.25) is 0 Å². The molecule has 0 spiro atoms.